The van der Waals surface area contributed by atoms with E-state index in [1.54, 1.807) is 11.3 Å². The summed E-state index contributed by atoms with van der Waals surface area (Å²) in [6.07, 6.45) is 0.811. The van der Waals surface area contributed by atoms with E-state index in [0.717, 1.165) is 12.2 Å². The van der Waals surface area contributed by atoms with Crippen molar-refractivity contribution in [2.24, 2.45) is 5.73 Å². The fourth-order valence-corrected chi connectivity index (χ4v) is 2.56. The number of benzene rings is 1. The quantitative estimate of drug-likeness (QED) is 0.893. The maximum atomic E-state index is 5.93. The van der Waals surface area contributed by atoms with Gasteiger partial charge in [0.15, 0.2) is 0 Å². The standard InChI is InChI=1S/C13H14ClNOS/c14-10-3-1-4-11(9-10)16-12(6-7-15)13-5-2-8-17-13/h1-5,8-9,12H,6-7,15H2. The van der Waals surface area contributed by atoms with Gasteiger partial charge in [-0.15, -0.1) is 11.3 Å². The highest BCUT2D eigenvalue weighted by Gasteiger charge is 2.13. The van der Waals surface area contributed by atoms with E-state index in [9.17, 15) is 0 Å². The third-order valence-corrected chi connectivity index (χ3v) is 3.56. The summed E-state index contributed by atoms with van der Waals surface area (Å²) in [5, 5.41) is 2.72. The van der Waals surface area contributed by atoms with Crippen LogP contribution in [0.15, 0.2) is 41.8 Å². The first-order valence-electron chi connectivity index (χ1n) is 5.45. The number of hydrogen-bond donors (Lipinski definition) is 1. The number of rotatable bonds is 5. The van der Waals surface area contributed by atoms with Gasteiger partial charge in [0.25, 0.3) is 0 Å². The third-order valence-electron chi connectivity index (χ3n) is 2.36. The monoisotopic (exact) mass is 267 g/mol. The zero-order valence-corrected chi connectivity index (χ0v) is 10.9. The van der Waals surface area contributed by atoms with Crippen LogP contribution in [0.3, 0.4) is 0 Å². The maximum absolute atomic E-state index is 5.93. The van der Waals surface area contributed by atoms with Gasteiger partial charge in [0.1, 0.15) is 11.9 Å². The van der Waals surface area contributed by atoms with Crippen LogP contribution >= 0.6 is 22.9 Å². The van der Waals surface area contributed by atoms with Crippen molar-refractivity contribution < 1.29 is 4.74 Å². The first-order valence-corrected chi connectivity index (χ1v) is 6.71. The van der Waals surface area contributed by atoms with Gasteiger partial charge in [-0.1, -0.05) is 23.7 Å². The lowest BCUT2D eigenvalue weighted by molar-refractivity contribution is 0.201. The molecule has 2 aromatic rings. The number of ether oxygens (including phenoxy) is 1. The van der Waals surface area contributed by atoms with E-state index in [1.807, 2.05) is 35.7 Å². The Balaban J connectivity index is 2.13. The van der Waals surface area contributed by atoms with Crippen molar-refractivity contribution in [1.82, 2.24) is 0 Å². The normalized spacial score (nSPS) is 12.4. The molecule has 0 saturated carbocycles. The van der Waals surface area contributed by atoms with Crippen LogP contribution in [-0.2, 0) is 0 Å². The molecule has 0 bridgehead atoms. The average molecular weight is 268 g/mol. The molecule has 0 fully saturated rings. The molecular weight excluding hydrogens is 254 g/mol. The number of halogens is 1. The molecule has 2 rings (SSSR count). The zero-order valence-electron chi connectivity index (χ0n) is 9.30. The van der Waals surface area contributed by atoms with Crippen molar-refractivity contribution >= 4 is 22.9 Å². The SMILES string of the molecule is NCCC(Oc1cccc(Cl)c1)c1cccs1. The molecule has 2 N–H and O–H groups in total. The molecule has 0 saturated heterocycles. The Morgan fingerprint density at radius 3 is 2.82 bits per heavy atom. The van der Waals surface area contributed by atoms with Crippen LogP contribution in [0.25, 0.3) is 0 Å². The van der Waals surface area contributed by atoms with Crippen LogP contribution in [0.4, 0.5) is 0 Å². The van der Waals surface area contributed by atoms with Crippen LogP contribution < -0.4 is 10.5 Å². The minimum atomic E-state index is 0.0125. The van der Waals surface area contributed by atoms with Crippen molar-refractivity contribution in [3.05, 3.63) is 51.7 Å². The summed E-state index contributed by atoms with van der Waals surface area (Å²) in [5.41, 5.74) is 5.62. The van der Waals surface area contributed by atoms with Crippen LogP contribution in [0.5, 0.6) is 5.75 Å². The van der Waals surface area contributed by atoms with Crippen LogP contribution in [0.1, 0.15) is 17.4 Å². The van der Waals surface area contributed by atoms with Crippen molar-refractivity contribution in [2.45, 2.75) is 12.5 Å². The smallest absolute Gasteiger partial charge is 0.134 e. The van der Waals surface area contributed by atoms with Gasteiger partial charge in [0.05, 0.1) is 0 Å². The van der Waals surface area contributed by atoms with Gasteiger partial charge in [0, 0.05) is 16.3 Å². The molecule has 2 nitrogen and oxygen atoms in total. The van der Waals surface area contributed by atoms with E-state index < -0.39 is 0 Å². The maximum Gasteiger partial charge on any atom is 0.134 e. The van der Waals surface area contributed by atoms with E-state index in [0.29, 0.717) is 11.6 Å². The molecule has 0 aliphatic carbocycles. The minimum absolute atomic E-state index is 0.0125. The first kappa shape index (κ1) is 12.4. The minimum Gasteiger partial charge on any atom is -0.485 e. The van der Waals surface area contributed by atoms with E-state index >= 15 is 0 Å². The molecule has 0 aliphatic rings. The van der Waals surface area contributed by atoms with Gasteiger partial charge in [0.2, 0.25) is 0 Å². The molecule has 17 heavy (non-hydrogen) atoms. The molecule has 1 aromatic heterocycles. The van der Waals surface area contributed by atoms with Crippen molar-refractivity contribution in [3.8, 4) is 5.75 Å². The van der Waals surface area contributed by atoms with Crippen molar-refractivity contribution in [1.29, 1.82) is 0 Å². The molecule has 4 heteroatoms. The third kappa shape index (κ3) is 3.46. The Morgan fingerprint density at radius 1 is 1.29 bits per heavy atom. The lowest BCUT2D eigenvalue weighted by atomic mass is 10.2. The molecule has 0 radical (unpaired) electrons. The lowest BCUT2D eigenvalue weighted by Gasteiger charge is -2.17. The zero-order chi connectivity index (χ0) is 12.1. The number of hydrogen-bond acceptors (Lipinski definition) is 3. The van der Waals surface area contributed by atoms with Gasteiger partial charge in [-0.2, -0.15) is 0 Å². The largest absolute Gasteiger partial charge is 0.485 e. The second-order valence-corrected chi connectivity index (χ2v) is 5.07. The molecule has 90 valence electrons. The Morgan fingerprint density at radius 2 is 2.18 bits per heavy atom. The van der Waals surface area contributed by atoms with E-state index in [4.69, 9.17) is 22.1 Å². The van der Waals surface area contributed by atoms with Gasteiger partial charge in [-0.3, -0.25) is 0 Å². The number of thiophene rings is 1. The molecule has 0 aliphatic heterocycles. The van der Waals surface area contributed by atoms with Crippen molar-refractivity contribution in [3.63, 3.8) is 0 Å². The van der Waals surface area contributed by atoms with Crippen molar-refractivity contribution in [2.75, 3.05) is 6.54 Å². The molecular formula is C13H14ClNOS. The van der Waals surface area contributed by atoms with Gasteiger partial charge in [-0.05, 0) is 36.2 Å². The van der Waals surface area contributed by atoms with Crippen LogP contribution in [-0.4, -0.2) is 6.54 Å². The molecule has 1 aromatic carbocycles. The summed E-state index contributed by atoms with van der Waals surface area (Å²) in [6.45, 7) is 0.600. The Hall–Kier alpha value is -1.03. The fourth-order valence-electron chi connectivity index (χ4n) is 1.59. The fraction of sp³-hybridized carbons (Fsp3) is 0.231. The Bertz CT molecular complexity index is 458. The lowest BCUT2D eigenvalue weighted by Crippen LogP contribution is -2.12. The highest BCUT2D eigenvalue weighted by molar-refractivity contribution is 7.10. The van der Waals surface area contributed by atoms with Gasteiger partial charge >= 0.3 is 0 Å². The summed E-state index contributed by atoms with van der Waals surface area (Å²) >= 11 is 7.61. The average Bonchev–Trinajstić information content (AvgIpc) is 2.82. The topological polar surface area (TPSA) is 35.2 Å². The summed E-state index contributed by atoms with van der Waals surface area (Å²) in [7, 11) is 0. The summed E-state index contributed by atoms with van der Waals surface area (Å²) < 4.78 is 5.93. The molecule has 1 unspecified atom stereocenters. The predicted octanol–water partition coefficient (Wildman–Crippen LogP) is 3.87. The van der Waals surface area contributed by atoms with Gasteiger partial charge in [-0.25, -0.2) is 0 Å². The first-order chi connectivity index (χ1) is 8.29. The Kier molecular flexibility index (Phi) is 4.42. The Labute approximate surface area is 110 Å². The summed E-state index contributed by atoms with van der Waals surface area (Å²) in [6, 6.07) is 11.5. The van der Waals surface area contributed by atoms with Crippen LogP contribution in [0, 0.1) is 0 Å². The molecule has 0 spiro atoms. The van der Waals surface area contributed by atoms with Gasteiger partial charge < -0.3 is 10.5 Å². The molecule has 0 amide bonds. The second-order valence-electron chi connectivity index (χ2n) is 3.66. The molecule has 1 heterocycles. The summed E-state index contributed by atoms with van der Waals surface area (Å²) in [5.74, 6) is 0.782. The van der Waals surface area contributed by atoms with E-state index in [-0.39, 0.29) is 6.10 Å². The van der Waals surface area contributed by atoms with E-state index in [1.165, 1.54) is 4.88 Å². The highest BCUT2D eigenvalue weighted by atomic mass is 35.5. The van der Waals surface area contributed by atoms with E-state index in [2.05, 4.69) is 6.07 Å². The summed E-state index contributed by atoms with van der Waals surface area (Å²) in [4.78, 5) is 1.19. The second kappa shape index (κ2) is 6.05. The molecule has 1 atom stereocenters. The predicted molar refractivity (Wildman–Crippen MR) is 72.8 cm³/mol. The van der Waals surface area contributed by atoms with Crippen LogP contribution in [0.2, 0.25) is 5.02 Å². The highest BCUT2D eigenvalue weighted by Crippen LogP contribution is 2.28. The number of nitrogens with two attached hydrogens (primary N) is 1.